The van der Waals surface area contributed by atoms with Crippen molar-refractivity contribution in [3.63, 3.8) is 0 Å². The van der Waals surface area contributed by atoms with Crippen molar-refractivity contribution in [3.8, 4) is 0 Å². The van der Waals surface area contributed by atoms with Crippen molar-refractivity contribution < 1.29 is 5.11 Å². The van der Waals surface area contributed by atoms with E-state index >= 15 is 0 Å². The van der Waals surface area contributed by atoms with Crippen LogP contribution >= 0.6 is 0 Å². The van der Waals surface area contributed by atoms with E-state index in [9.17, 15) is 0 Å². The zero-order chi connectivity index (χ0) is 6.69. The van der Waals surface area contributed by atoms with Crippen LogP contribution in [0.1, 0.15) is 19.3 Å². The summed E-state index contributed by atoms with van der Waals surface area (Å²) in [5.74, 6) is 1.25. The molecule has 2 heteroatoms. The van der Waals surface area contributed by atoms with Crippen molar-refractivity contribution in [1.82, 2.24) is 0 Å². The van der Waals surface area contributed by atoms with E-state index in [4.69, 9.17) is 10.8 Å². The second-order valence-electron chi connectivity index (χ2n) is 2.96. The van der Waals surface area contributed by atoms with Gasteiger partial charge in [-0.15, -0.1) is 0 Å². The van der Waals surface area contributed by atoms with E-state index in [1.54, 1.807) is 0 Å². The molecule has 1 aliphatic rings. The summed E-state index contributed by atoms with van der Waals surface area (Å²) < 4.78 is 0. The van der Waals surface area contributed by atoms with Gasteiger partial charge in [0.05, 0.1) is 0 Å². The van der Waals surface area contributed by atoms with E-state index in [0.717, 1.165) is 13.0 Å². The third-order valence-electron chi connectivity index (χ3n) is 2.24. The monoisotopic (exact) mass is 129 g/mol. The first kappa shape index (κ1) is 7.03. The molecule has 0 aromatic heterocycles. The van der Waals surface area contributed by atoms with E-state index in [0.29, 0.717) is 18.4 Å². The molecule has 0 heterocycles. The zero-order valence-electron chi connectivity index (χ0n) is 5.71. The summed E-state index contributed by atoms with van der Waals surface area (Å²) in [7, 11) is 0. The van der Waals surface area contributed by atoms with Crippen molar-refractivity contribution in [1.29, 1.82) is 0 Å². The predicted molar refractivity (Wildman–Crippen MR) is 37.0 cm³/mol. The van der Waals surface area contributed by atoms with Gasteiger partial charge < -0.3 is 10.8 Å². The Bertz CT molecular complexity index is 75.0. The quantitative estimate of drug-likeness (QED) is 0.565. The molecule has 1 fully saturated rings. The molecule has 9 heavy (non-hydrogen) atoms. The number of hydrogen-bond acceptors (Lipinski definition) is 2. The number of aliphatic hydroxyl groups excluding tert-OH is 1. The standard InChI is InChI=1S/C7H15NO/c8-4-6-1-2-7(3-6)5-9/h6-7,9H,1-5,8H2/t6?,7-/m0/s1. The smallest absolute Gasteiger partial charge is 0.0459 e. The van der Waals surface area contributed by atoms with Gasteiger partial charge in [0.1, 0.15) is 0 Å². The lowest BCUT2D eigenvalue weighted by atomic mass is 10.1. The van der Waals surface area contributed by atoms with E-state index in [1.165, 1.54) is 12.8 Å². The van der Waals surface area contributed by atoms with Gasteiger partial charge in [-0.25, -0.2) is 0 Å². The van der Waals surface area contributed by atoms with Crippen molar-refractivity contribution in [2.45, 2.75) is 19.3 Å². The van der Waals surface area contributed by atoms with Gasteiger partial charge in [-0.05, 0) is 37.6 Å². The molecule has 2 nitrogen and oxygen atoms in total. The lowest BCUT2D eigenvalue weighted by Crippen LogP contribution is -2.11. The fourth-order valence-electron chi connectivity index (χ4n) is 1.56. The summed E-state index contributed by atoms with van der Waals surface area (Å²) >= 11 is 0. The highest BCUT2D eigenvalue weighted by Gasteiger charge is 2.22. The van der Waals surface area contributed by atoms with Crippen LogP contribution in [0.5, 0.6) is 0 Å². The highest BCUT2D eigenvalue weighted by atomic mass is 16.3. The summed E-state index contributed by atoms with van der Waals surface area (Å²) in [5.41, 5.74) is 5.47. The molecule has 0 bridgehead atoms. The van der Waals surface area contributed by atoms with Gasteiger partial charge in [0.25, 0.3) is 0 Å². The average Bonchev–Trinajstić information content (AvgIpc) is 2.34. The second kappa shape index (κ2) is 3.18. The Morgan fingerprint density at radius 2 is 2.00 bits per heavy atom. The molecule has 2 atom stereocenters. The molecule has 0 amide bonds. The summed E-state index contributed by atoms with van der Waals surface area (Å²) in [6.45, 7) is 1.16. The number of nitrogens with two attached hydrogens (primary N) is 1. The zero-order valence-corrected chi connectivity index (χ0v) is 5.71. The minimum Gasteiger partial charge on any atom is -0.396 e. The SMILES string of the molecule is NCC1CC[C@H](CO)C1. The number of rotatable bonds is 2. The number of aliphatic hydroxyl groups is 1. The van der Waals surface area contributed by atoms with Crippen molar-refractivity contribution >= 4 is 0 Å². The first-order chi connectivity index (χ1) is 4.36. The van der Waals surface area contributed by atoms with Gasteiger partial charge in [-0.3, -0.25) is 0 Å². The van der Waals surface area contributed by atoms with Gasteiger partial charge in [0, 0.05) is 6.61 Å². The third-order valence-corrected chi connectivity index (χ3v) is 2.24. The molecule has 1 rings (SSSR count). The van der Waals surface area contributed by atoms with Crippen LogP contribution in [0.15, 0.2) is 0 Å². The Morgan fingerprint density at radius 3 is 2.33 bits per heavy atom. The van der Waals surface area contributed by atoms with Crippen LogP contribution < -0.4 is 5.73 Å². The molecule has 1 unspecified atom stereocenters. The maximum Gasteiger partial charge on any atom is 0.0459 e. The van der Waals surface area contributed by atoms with Crippen LogP contribution in [0.25, 0.3) is 0 Å². The first-order valence-electron chi connectivity index (χ1n) is 3.67. The Kier molecular flexibility index (Phi) is 2.49. The maximum absolute atomic E-state index is 8.74. The molecule has 0 radical (unpaired) electrons. The molecule has 0 saturated heterocycles. The summed E-state index contributed by atoms with van der Waals surface area (Å²) in [4.78, 5) is 0. The largest absolute Gasteiger partial charge is 0.396 e. The second-order valence-corrected chi connectivity index (χ2v) is 2.96. The first-order valence-corrected chi connectivity index (χ1v) is 3.67. The van der Waals surface area contributed by atoms with Crippen LogP contribution in [0.2, 0.25) is 0 Å². The van der Waals surface area contributed by atoms with Gasteiger partial charge in [-0.1, -0.05) is 0 Å². The van der Waals surface area contributed by atoms with Gasteiger partial charge in [0.2, 0.25) is 0 Å². The summed E-state index contributed by atoms with van der Waals surface area (Å²) in [6.07, 6.45) is 3.55. The molecular weight excluding hydrogens is 114 g/mol. The van der Waals surface area contributed by atoms with Crippen LogP contribution in [0.3, 0.4) is 0 Å². The summed E-state index contributed by atoms with van der Waals surface area (Å²) in [6, 6.07) is 0. The van der Waals surface area contributed by atoms with Crippen molar-refractivity contribution in [3.05, 3.63) is 0 Å². The molecular formula is C7H15NO. The third kappa shape index (κ3) is 1.66. The normalized spacial score (nSPS) is 35.3. The predicted octanol–water partition coefficient (Wildman–Crippen LogP) is 0.354. The Morgan fingerprint density at radius 1 is 1.33 bits per heavy atom. The van der Waals surface area contributed by atoms with Crippen LogP contribution in [0, 0.1) is 11.8 Å². The highest BCUT2D eigenvalue weighted by molar-refractivity contribution is 4.74. The maximum atomic E-state index is 8.74. The van der Waals surface area contributed by atoms with Gasteiger partial charge in [0.15, 0.2) is 0 Å². The molecule has 3 N–H and O–H groups in total. The molecule has 1 saturated carbocycles. The minimum atomic E-state index is 0.358. The lowest BCUT2D eigenvalue weighted by molar-refractivity contribution is 0.226. The molecule has 0 spiro atoms. The average molecular weight is 129 g/mol. The molecule has 0 aromatic rings. The molecule has 54 valence electrons. The van der Waals surface area contributed by atoms with E-state index in [-0.39, 0.29) is 0 Å². The number of hydrogen-bond donors (Lipinski definition) is 2. The van der Waals surface area contributed by atoms with Crippen LogP contribution in [-0.4, -0.2) is 18.3 Å². The highest BCUT2D eigenvalue weighted by Crippen LogP contribution is 2.29. The molecule has 0 aromatic carbocycles. The van der Waals surface area contributed by atoms with Crippen molar-refractivity contribution in [2.24, 2.45) is 17.6 Å². The van der Waals surface area contributed by atoms with E-state index in [1.807, 2.05) is 0 Å². The van der Waals surface area contributed by atoms with Crippen LogP contribution in [-0.2, 0) is 0 Å². The molecule has 0 aliphatic heterocycles. The van der Waals surface area contributed by atoms with E-state index in [2.05, 4.69) is 0 Å². The minimum absolute atomic E-state index is 0.358. The fraction of sp³-hybridized carbons (Fsp3) is 1.00. The fourth-order valence-corrected chi connectivity index (χ4v) is 1.56. The Labute approximate surface area is 56.1 Å². The topological polar surface area (TPSA) is 46.2 Å². The molecule has 1 aliphatic carbocycles. The van der Waals surface area contributed by atoms with Crippen molar-refractivity contribution in [2.75, 3.05) is 13.2 Å². The van der Waals surface area contributed by atoms with E-state index < -0.39 is 0 Å². The van der Waals surface area contributed by atoms with Gasteiger partial charge >= 0.3 is 0 Å². The van der Waals surface area contributed by atoms with Gasteiger partial charge in [-0.2, -0.15) is 0 Å². The Balaban J connectivity index is 2.20. The Hall–Kier alpha value is -0.0800. The lowest BCUT2D eigenvalue weighted by Gasteiger charge is -2.04. The summed E-state index contributed by atoms with van der Waals surface area (Å²) in [5, 5.41) is 8.74. The van der Waals surface area contributed by atoms with Crippen LogP contribution in [0.4, 0.5) is 0 Å².